The highest BCUT2D eigenvalue weighted by molar-refractivity contribution is 7.71. The van der Waals surface area contributed by atoms with Crippen molar-refractivity contribution in [2.24, 2.45) is 11.8 Å². The Hall–Kier alpha value is -2.73. The Labute approximate surface area is 187 Å². The van der Waals surface area contributed by atoms with Crippen molar-refractivity contribution >= 4 is 29.0 Å². The lowest BCUT2D eigenvalue weighted by Crippen LogP contribution is -2.43. The minimum Gasteiger partial charge on any atom is -0.349 e. The smallest absolute Gasteiger partial charge is 0.262 e. The molecule has 0 saturated heterocycles. The van der Waals surface area contributed by atoms with Crippen LogP contribution in [0, 0.1) is 16.6 Å². The summed E-state index contributed by atoms with van der Waals surface area (Å²) < 4.78 is 1.97. The fraction of sp³-hybridized carbons (Fsp3) is 0.400. The van der Waals surface area contributed by atoms with Gasteiger partial charge in [-0.15, -0.1) is 0 Å². The summed E-state index contributed by atoms with van der Waals surface area (Å²) in [4.78, 5) is 29.0. The molecule has 162 valence electrons. The quantitative estimate of drug-likeness (QED) is 0.563. The number of aromatic nitrogens is 2. The maximum atomic E-state index is 13.0. The van der Waals surface area contributed by atoms with Crippen molar-refractivity contribution in [1.82, 2.24) is 14.9 Å². The van der Waals surface area contributed by atoms with Gasteiger partial charge in [0.2, 0.25) is 0 Å². The highest BCUT2D eigenvalue weighted by Crippen LogP contribution is 2.29. The second-order valence-electron chi connectivity index (χ2n) is 8.73. The summed E-state index contributed by atoms with van der Waals surface area (Å²) in [5.41, 5.74) is 2.17. The number of rotatable bonds is 5. The summed E-state index contributed by atoms with van der Waals surface area (Å²) >= 11 is 5.46. The van der Waals surface area contributed by atoms with Crippen molar-refractivity contribution in [3.63, 3.8) is 0 Å². The molecule has 1 aliphatic carbocycles. The number of nitrogens with one attached hydrogen (secondary N) is 2. The van der Waals surface area contributed by atoms with Crippen LogP contribution >= 0.6 is 12.2 Å². The molecule has 2 aromatic carbocycles. The van der Waals surface area contributed by atoms with E-state index in [1.165, 1.54) is 6.42 Å². The number of carbonyl (C=O) groups excluding carboxylic acids is 1. The van der Waals surface area contributed by atoms with Crippen LogP contribution in [0.1, 0.15) is 49.0 Å². The van der Waals surface area contributed by atoms with Crippen LogP contribution in [0.4, 0.5) is 0 Å². The summed E-state index contributed by atoms with van der Waals surface area (Å²) in [7, 11) is 0. The molecule has 1 amide bonds. The molecule has 6 heteroatoms. The average molecular weight is 436 g/mol. The summed E-state index contributed by atoms with van der Waals surface area (Å²) in [5, 5.41) is 3.74. The molecule has 3 unspecified atom stereocenters. The highest BCUT2D eigenvalue weighted by atomic mass is 32.1. The van der Waals surface area contributed by atoms with Gasteiger partial charge in [-0.2, -0.15) is 0 Å². The number of aryl methyl sites for hydroxylation is 1. The molecule has 4 rings (SSSR count). The first kappa shape index (κ1) is 21.5. The lowest BCUT2D eigenvalue weighted by molar-refractivity contribution is 0.0891. The molecule has 1 heterocycles. The van der Waals surface area contributed by atoms with Crippen LogP contribution in [-0.2, 0) is 13.0 Å². The first-order valence-electron chi connectivity index (χ1n) is 11.1. The number of benzene rings is 2. The van der Waals surface area contributed by atoms with Gasteiger partial charge in [0.25, 0.3) is 11.5 Å². The van der Waals surface area contributed by atoms with Gasteiger partial charge in [0.1, 0.15) is 0 Å². The summed E-state index contributed by atoms with van der Waals surface area (Å²) in [6.45, 7) is 4.97. The van der Waals surface area contributed by atoms with Crippen LogP contribution in [0.3, 0.4) is 0 Å². The Balaban J connectivity index is 1.56. The number of carbonyl (C=O) groups is 1. The van der Waals surface area contributed by atoms with Gasteiger partial charge in [0, 0.05) is 18.2 Å². The van der Waals surface area contributed by atoms with E-state index in [1.54, 1.807) is 22.8 Å². The van der Waals surface area contributed by atoms with E-state index in [1.807, 2.05) is 30.3 Å². The van der Waals surface area contributed by atoms with E-state index in [4.69, 9.17) is 12.2 Å². The number of amides is 1. The van der Waals surface area contributed by atoms with E-state index in [-0.39, 0.29) is 17.5 Å². The summed E-state index contributed by atoms with van der Waals surface area (Å²) in [6.07, 6.45) is 4.10. The molecule has 0 bridgehead atoms. The number of fused-ring (bicyclic) bond motifs is 1. The molecule has 0 aliphatic heterocycles. The molecule has 5 nitrogen and oxygen atoms in total. The SMILES string of the molecule is CC1CCCC(NC(=O)c2ccc3c(=O)n(CCc4ccccc4)c(=S)[nH]c3c2)C1C. The van der Waals surface area contributed by atoms with Crippen molar-refractivity contribution in [2.45, 2.75) is 52.1 Å². The molecule has 1 fully saturated rings. The van der Waals surface area contributed by atoms with Gasteiger partial charge in [-0.1, -0.05) is 57.0 Å². The van der Waals surface area contributed by atoms with E-state index in [9.17, 15) is 9.59 Å². The first-order valence-corrected chi connectivity index (χ1v) is 11.5. The summed E-state index contributed by atoms with van der Waals surface area (Å²) in [5.74, 6) is 0.974. The van der Waals surface area contributed by atoms with Crippen LogP contribution in [-0.4, -0.2) is 21.5 Å². The van der Waals surface area contributed by atoms with Crippen LogP contribution in [0.25, 0.3) is 10.9 Å². The summed E-state index contributed by atoms with van der Waals surface area (Å²) in [6, 6.07) is 15.4. The van der Waals surface area contributed by atoms with Gasteiger partial charge < -0.3 is 10.3 Å². The molecule has 31 heavy (non-hydrogen) atoms. The molecular formula is C25H29N3O2S. The maximum Gasteiger partial charge on any atom is 0.262 e. The first-order chi connectivity index (χ1) is 14.9. The molecule has 0 radical (unpaired) electrons. The zero-order chi connectivity index (χ0) is 22.0. The topological polar surface area (TPSA) is 66.9 Å². The number of hydrogen-bond acceptors (Lipinski definition) is 3. The third kappa shape index (κ3) is 4.64. The van der Waals surface area contributed by atoms with Crippen molar-refractivity contribution in [3.05, 3.63) is 74.8 Å². The predicted molar refractivity (Wildman–Crippen MR) is 127 cm³/mol. The molecule has 3 aromatic rings. The molecule has 0 spiro atoms. The van der Waals surface area contributed by atoms with Crippen LogP contribution < -0.4 is 10.9 Å². The second-order valence-corrected chi connectivity index (χ2v) is 9.12. The molecule has 1 saturated carbocycles. The van der Waals surface area contributed by atoms with Crippen molar-refractivity contribution in [3.8, 4) is 0 Å². The largest absolute Gasteiger partial charge is 0.349 e. The average Bonchev–Trinajstić information content (AvgIpc) is 2.77. The monoisotopic (exact) mass is 435 g/mol. The van der Waals surface area contributed by atoms with E-state index < -0.39 is 0 Å². The fourth-order valence-electron chi connectivity index (χ4n) is 4.52. The predicted octanol–water partition coefficient (Wildman–Crippen LogP) is 4.86. The molecule has 1 aliphatic rings. The van der Waals surface area contributed by atoms with Gasteiger partial charge in [-0.25, -0.2) is 0 Å². The van der Waals surface area contributed by atoms with Gasteiger partial charge in [-0.05, 0) is 60.7 Å². The van der Waals surface area contributed by atoms with E-state index in [0.717, 1.165) is 24.8 Å². The van der Waals surface area contributed by atoms with E-state index in [2.05, 4.69) is 24.1 Å². The lowest BCUT2D eigenvalue weighted by atomic mass is 9.78. The number of H-pyrrole nitrogens is 1. The number of hydrogen-bond donors (Lipinski definition) is 2. The molecule has 2 N–H and O–H groups in total. The fourth-order valence-corrected chi connectivity index (χ4v) is 4.81. The van der Waals surface area contributed by atoms with Gasteiger partial charge >= 0.3 is 0 Å². The number of aromatic amines is 1. The lowest BCUT2D eigenvalue weighted by Gasteiger charge is -2.34. The Kier molecular flexibility index (Phi) is 6.37. The Bertz CT molecular complexity index is 1200. The maximum absolute atomic E-state index is 13.0. The van der Waals surface area contributed by atoms with Crippen molar-refractivity contribution < 1.29 is 4.79 Å². The Morgan fingerprint density at radius 1 is 1.16 bits per heavy atom. The van der Waals surface area contributed by atoms with Gasteiger partial charge in [0.05, 0.1) is 10.9 Å². The standard InChI is InChI=1S/C25H29N3O2S/c1-16-7-6-10-21(17(16)2)26-23(29)19-11-12-20-22(15-19)27-25(31)28(24(20)30)14-13-18-8-4-3-5-9-18/h3-5,8-9,11-12,15-17,21H,6-7,10,13-14H2,1-2H3,(H,26,29)(H,27,31). The van der Waals surface area contributed by atoms with Crippen LogP contribution in [0.5, 0.6) is 0 Å². The normalized spacial score (nSPS) is 21.2. The van der Waals surface area contributed by atoms with E-state index in [0.29, 0.717) is 39.6 Å². The van der Waals surface area contributed by atoms with Gasteiger partial charge in [-0.3, -0.25) is 14.2 Å². The zero-order valence-corrected chi connectivity index (χ0v) is 18.9. The highest BCUT2D eigenvalue weighted by Gasteiger charge is 2.28. The third-order valence-electron chi connectivity index (χ3n) is 6.73. The van der Waals surface area contributed by atoms with Crippen LogP contribution in [0.15, 0.2) is 53.3 Å². The Morgan fingerprint density at radius 3 is 2.71 bits per heavy atom. The van der Waals surface area contributed by atoms with Crippen molar-refractivity contribution in [1.29, 1.82) is 0 Å². The van der Waals surface area contributed by atoms with Crippen molar-refractivity contribution in [2.75, 3.05) is 0 Å². The second kappa shape index (κ2) is 9.18. The molecular weight excluding hydrogens is 406 g/mol. The minimum absolute atomic E-state index is 0.0968. The van der Waals surface area contributed by atoms with Crippen LogP contribution in [0.2, 0.25) is 0 Å². The van der Waals surface area contributed by atoms with E-state index >= 15 is 0 Å². The van der Waals surface area contributed by atoms with Gasteiger partial charge in [0.15, 0.2) is 4.77 Å². The molecule has 1 aromatic heterocycles. The minimum atomic E-state index is -0.128. The Morgan fingerprint density at radius 2 is 1.94 bits per heavy atom. The molecule has 3 atom stereocenters. The zero-order valence-electron chi connectivity index (χ0n) is 18.1. The third-order valence-corrected chi connectivity index (χ3v) is 7.06. The number of nitrogens with zero attached hydrogens (tertiary/aromatic N) is 1.